The van der Waals surface area contributed by atoms with Crippen molar-refractivity contribution < 1.29 is 22.9 Å². The number of nitrogens with two attached hydrogens (primary N) is 1. The van der Waals surface area contributed by atoms with Gasteiger partial charge in [-0.3, -0.25) is 14.5 Å². The Kier molecular flexibility index (Phi) is 8.35. The lowest BCUT2D eigenvalue weighted by Gasteiger charge is -2.47. The molecule has 4 N–H and O–H groups in total. The molecule has 0 bridgehead atoms. The predicted molar refractivity (Wildman–Crippen MR) is 141 cm³/mol. The van der Waals surface area contributed by atoms with Crippen LogP contribution in [0.1, 0.15) is 45.4 Å². The molecule has 3 fully saturated rings. The van der Waals surface area contributed by atoms with Gasteiger partial charge in [-0.25, -0.2) is 13.4 Å². The SMILES string of the molecule is CCC1=CC([N+]2=CC(F)CCCC2)C(C(=O)NC2CNCC(F)C2N2CCN3C(=O)CCC3C2)C(N)N1C. The number of piperazine rings is 1. The second kappa shape index (κ2) is 11.6. The highest BCUT2D eigenvalue weighted by atomic mass is 19.1. The van der Waals surface area contributed by atoms with Crippen LogP contribution in [0.3, 0.4) is 0 Å². The Balaban J connectivity index is 1.37. The molecule has 8 unspecified atom stereocenters. The van der Waals surface area contributed by atoms with Crippen LogP contribution < -0.4 is 16.4 Å². The fraction of sp³-hybridized carbons (Fsp3) is 0.815. The second-order valence-corrected chi connectivity index (χ2v) is 11.6. The van der Waals surface area contributed by atoms with Crippen LogP contribution in [0.4, 0.5) is 8.78 Å². The summed E-state index contributed by atoms with van der Waals surface area (Å²) in [6, 6.07) is -1.16. The lowest BCUT2D eigenvalue weighted by molar-refractivity contribution is -0.559. The van der Waals surface area contributed by atoms with Gasteiger partial charge in [0.05, 0.1) is 18.2 Å². The van der Waals surface area contributed by atoms with E-state index in [0.29, 0.717) is 45.6 Å². The third-order valence-electron chi connectivity index (χ3n) is 9.31. The first kappa shape index (κ1) is 27.5. The van der Waals surface area contributed by atoms with E-state index in [1.165, 1.54) is 0 Å². The maximum Gasteiger partial charge on any atom is 0.234 e. The zero-order valence-corrected chi connectivity index (χ0v) is 22.7. The molecule has 212 valence electrons. The first-order valence-corrected chi connectivity index (χ1v) is 14.4. The van der Waals surface area contributed by atoms with Crippen molar-refractivity contribution in [2.24, 2.45) is 11.7 Å². The van der Waals surface area contributed by atoms with Gasteiger partial charge < -0.3 is 26.2 Å². The van der Waals surface area contributed by atoms with Crippen LogP contribution in [0.15, 0.2) is 11.8 Å². The first-order valence-electron chi connectivity index (χ1n) is 14.4. The first-order chi connectivity index (χ1) is 18.3. The minimum absolute atomic E-state index is 0.115. The topological polar surface area (TPSA) is 96.9 Å². The lowest BCUT2D eigenvalue weighted by atomic mass is 9.87. The molecule has 0 saturated carbocycles. The molecule has 9 nitrogen and oxygen atoms in total. The van der Waals surface area contributed by atoms with E-state index < -0.39 is 36.5 Å². The number of carbonyl (C=O) groups is 2. The highest BCUT2D eigenvalue weighted by Crippen LogP contribution is 2.30. The van der Waals surface area contributed by atoms with E-state index in [0.717, 1.165) is 31.4 Å². The van der Waals surface area contributed by atoms with E-state index in [9.17, 15) is 14.0 Å². The van der Waals surface area contributed by atoms with Crippen molar-refractivity contribution in [1.82, 2.24) is 25.3 Å². The molecule has 38 heavy (non-hydrogen) atoms. The molecule has 0 radical (unpaired) electrons. The number of allylic oxidation sites excluding steroid dienone is 1. The fourth-order valence-corrected chi connectivity index (χ4v) is 7.20. The fourth-order valence-electron chi connectivity index (χ4n) is 7.20. The van der Waals surface area contributed by atoms with Crippen LogP contribution in [-0.4, -0.2) is 126 Å². The second-order valence-electron chi connectivity index (χ2n) is 11.6. The van der Waals surface area contributed by atoms with Crippen LogP contribution in [0, 0.1) is 5.92 Å². The highest BCUT2D eigenvalue weighted by Gasteiger charge is 2.48. The quantitative estimate of drug-likeness (QED) is 0.435. The monoisotopic (exact) mass is 536 g/mol. The number of rotatable bonds is 5. The van der Waals surface area contributed by atoms with E-state index in [2.05, 4.69) is 21.6 Å². The van der Waals surface area contributed by atoms with Crippen LogP contribution in [0.2, 0.25) is 0 Å². The van der Waals surface area contributed by atoms with E-state index in [1.807, 2.05) is 28.3 Å². The third kappa shape index (κ3) is 5.34. The van der Waals surface area contributed by atoms with Gasteiger partial charge in [-0.2, -0.15) is 0 Å². The molecule has 0 aromatic heterocycles. The van der Waals surface area contributed by atoms with Gasteiger partial charge >= 0.3 is 0 Å². The number of amides is 2. The van der Waals surface area contributed by atoms with Gasteiger partial charge in [0.1, 0.15) is 18.6 Å². The zero-order chi connectivity index (χ0) is 27.0. The Labute approximate surface area is 224 Å². The molecule has 0 spiro atoms. The van der Waals surface area contributed by atoms with Crippen molar-refractivity contribution in [2.45, 2.75) is 88.1 Å². The highest BCUT2D eigenvalue weighted by molar-refractivity contribution is 5.81. The molecule has 5 aliphatic rings. The smallest absolute Gasteiger partial charge is 0.234 e. The third-order valence-corrected chi connectivity index (χ3v) is 9.31. The number of carbonyl (C=O) groups excluding carboxylic acids is 2. The standard InChI is InChI=1S/C27H43F2N7O2/c1-3-18-12-22(34-9-5-4-6-17(28)15-34)24(26(30)33(18)2)27(38)32-21-14-31-13-20(29)25(21)35-10-11-36-19(16-35)7-8-23(36)37/h12,15,17,19-22,24-26,31H,3-11,13-14,16,30H2,1-2H3/p+1. The summed E-state index contributed by atoms with van der Waals surface area (Å²) >= 11 is 0. The average Bonchev–Trinajstić information content (AvgIpc) is 3.12. The largest absolute Gasteiger partial charge is 0.362 e. The summed E-state index contributed by atoms with van der Waals surface area (Å²) in [7, 11) is 1.89. The van der Waals surface area contributed by atoms with Gasteiger partial charge in [0, 0.05) is 70.4 Å². The van der Waals surface area contributed by atoms with Crippen molar-refractivity contribution in [3.8, 4) is 0 Å². The van der Waals surface area contributed by atoms with Gasteiger partial charge in [-0.1, -0.05) is 6.92 Å². The molecule has 5 rings (SSSR count). The van der Waals surface area contributed by atoms with Crippen molar-refractivity contribution in [3.63, 3.8) is 0 Å². The van der Waals surface area contributed by atoms with E-state index in [-0.39, 0.29) is 30.4 Å². The number of hydrogen-bond donors (Lipinski definition) is 3. The van der Waals surface area contributed by atoms with E-state index in [1.54, 1.807) is 6.21 Å². The van der Waals surface area contributed by atoms with Crippen LogP contribution >= 0.6 is 0 Å². The van der Waals surface area contributed by atoms with Gasteiger partial charge in [0.15, 0.2) is 18.4 Å². The Morgan fingerprint density at radius 1 is 1.24 bits per heavy atom. The van der Waals surface area contributed by atoms with E-state index in [4.69, 9.17) is 5.73 Å². The number of hydrogen-bond acceptors (Lipinski definition) is 6. The number of fused-ring (bicyclic) bond motifs is 1. The summed E-state index contributed by atoms with van der Waals surface area (Å²) < 4.78 is 32.0. The molecule has 8 atom stereocenters. The summed E-state index contributed by atoms with van der Waals surface area (Å²) in [6.45, 7) is 5.23. The molecule has 11 heteroatoms. The zero-order valence-electron chi connectivity index (χ0n) is 22.7. The molecule has 3 saturated heterocycles. The maximum atomic E-state index is 15.5. The molecule has 0 aliphatic carbocycles. The summed E-state index contributed by atoms with van der Waals surface area (Å²) in [6.07, 6.45) is 5.18. The van der Waals surface area contributed by atoms with Crippen molar-refractivity contribution in [2.75, 3.05) is 46.3 Å². The summed E-state index contributed by atoms with van der Waals surface area (Å²) in [4.78, 5) is 32.2. The minimum Gasteiger partial charge on any atom is -0.362 e. The molecule has 5 heterocycles. The van der Waals surface area contributed by atoms with Crippen LogP contribution in [0.5, 0.6) is 0 Å². The molecular weight excluding hydrogens is 492 g/mol. The Hall–Kier alpha value is -2.11. The number of alkyl halides is 2. The normalized spacial score (nSPS) is 38.8. The van der Waals surface area contributed by atoms with Gasteiger partial charge in [-0.15, -0.1) is 0 Å². The molecule has 5 aliphatic heterocycles. The molecule has 2 amide bonds. The predicted octanol–water partition coefficient (Wildman–Crippen LogP) is 0.202. The number of nitrogens with one attached hydrogen (secondary N) is 2. The molecule has 0 aromatic carbocycles. The van der Waals surface area contributed by atoms with Crippen LogP contribution in [-0.2, 0) is 9.59 Å². The van der Waals surface area contributed by atoms with Crippen molar-refractivity contribution in [3.05, 3.63) is 11.8 Å². The van der Waals surface area contributed by atoms with Gasteiger partial charge in [0.25, 0.3) is 0 Å². The lowest BCUT2D eigenvalue weighted by Crippen LogP contribution is -2.69. The van der Waals surface area contributed by atoms with Gasteiger partial charge in [0.2, 0.25) is 11.8 Å². The van der Waals surface area contributed by atoms with E-state index >= 15 is 4.39 Å². The van der Waals surface area contributed by atoms with Crippen molar-refractivity contribution >= 4 is 18.0 Å². The minimum atomic E-state index is -1.14. The number of nitrogens with zero attached hydrogens (tertiary/aromatic N) is 4. The summed E-state index contributed by atoms with van der Waals surface area (Å²) in [5.74, 6) is -0.681. The molecular formula is C27H44F2N7O2+. The van der Waals surface area contributed by atoms with Crippen molar-refractivity contribution in [1.29, 1.82) is 0 Å². The van der Waals surface area contributed by atoms with Crippen LogP contribution in [0.25, 0.3) is 0 Å². The average molecular weight is 537 g/mol. The maximum absolute atomic E-state index is 15.5. The Bertz CT molecular complexity index is 962. The Morgan fingerprint density at radius 3 is 2.84 bits per heavy atom. The Morgan fingerprint density at radius 2 is 2.05 bits per heavy atom. The summed E-state index contributed by atoms with van der Waals surface area (Å²) in [5.41, 5.74) is 7.73. The number of halogens is 2. The molecule has 0 aromatic rings. The van der Waals surface area contributed by atoms with Gasteiger partial charge in [-0.05, 0) is 25.7 Å². The number of piperidine rings is 1. The summed E-state index contributed by atoms with van der Waals surface area (Å²) in [5, 5.41) is 6.32.